The van der Waals surface area contributed by atoms with Crippen LogP contribution in [0, 0.1) is 4.77 Å². The lowest BCUT2D eigenvalue weighted by Gasteiger charge is -2.14. The molecular weight excluding hydrogens is 360 g/mol. The van der Waals surface area contributed by atoms with Crippen LogP contribution in [0.5, 0.6) is 5.75 Å². The molecule has 2 aromatic rings. The van der Waals surface area contributed by atoms with Gasteiger partial charge in [0.15, 0.2) is 4.77 Å². The Morgan fingerprint density at radius 2 is 2.00 bits per heavy atom. The van der Waals surface area contributed by atoms with Crippen molar-refractivity contribution in [2.75, 3.05) is 7.11 Å². The first-order valence-electron chi connectivity index (χ1n) is 6.05. The smallest absolute Gasteiger partial charge is 0.431 e. The van der Waals surface area contributed by atoms with Crippen LogP contribution >= 0.6 is 23.8 Å². The van der Waals surface area contributed by atoms with Crippen LogP contribution in [-0.4, -0.2) is 16.7 Å². The molecule has 0 fully saturated rings. The predicted molar refractivity (Wildman–Crippen MR) is 78.6 cm³/mol. The van der Waals surface area contributed by atoms with Crippen LogP contribution in [0.4, 0.5) is 17.6 Å². The Bertz CT molecular complexity index is 829. The van der Waals surface area contributed by atoms with Gasteiger partial charge in [0, 0.05) is 17.7 Å². The maximum absolute atomic E-state index is 13.2. The maximum atomic E-state index is 13.2. The fourth-order valence-corrected chi connectivity index (χ4v) is 2.49. The van der Waals surface area contributed by atoms with Crippen molar-refractivity contribution >= 4 is 23.8 Å². The van der Waals surface area contributed by atoms with Crippen molar-refractivity contribution in [2.45, 2.75) is 12.9 Å². The Hall–Kier alpha value is -1.87. The Kier molecular flexibility index (Phi) is 4.81. The third kappa shape index (κ3) is 3.40. The van der Waals surface area contributed by atoms with Crippen LogP contribution in [0.15, 0.2) is 23.0 Å². The van der Waals surface area contributed by atoms with E-state index in [1.54, 1.807) is 0 Å². The number of H-pyrrole nitrogens is 1. The van der Waals surface area contributed by atoms with Gasteiger partial charge >= 0.3 is 6.18 Å². The molecular formula is C13H9ClF4N2O2S. The highest BCUT2D eigenvalue weighted by atomic mass is 35.5. The summed E-state index contributed by atoms with van der Waals surface area (Å²) in [4.78, 5) is 14.0. The van der Waals surface area contributed by atoms with Crippen molar-refractivity contribution in [1.82, 2.24) is 9.55 Å². The lowest BCUT2D eigenvalue weighted by molar-refractivity contribution is -0.141. The minimum Gasteiger partial charge on any atom is -0.495 e. The fourth-order valence-electron chi connectivity index (χ4n) is 1.93. The van der Waals surface area contributed by atoms with Crippen molar-refractivity contribution < 1.29 is 22.3 Å². The van der Waals surface area contributed by atoms with Gasteiger partial charge in [-0.1, -0.05) is 11.6 Å². The summed E-state index contributed by atoms with van der Waals surface area (Å²) in [6.45, 7) is -0.999. The van der Waals surface area contributed by atoms with Crippen LogP contribution in [0.25, 0.3) is 5.69 Å². The van der Waals surface area contributed by atoms with E-state index in [0.717, 1.165) is 4.57 Å². The standard InChI is InChI=1S/C13H9ClF4N2O2S/c1-22-9-3-8(6(5-15)2-7(9)14)20-11(21)4-10(13(16,17)18)19-12(20)23/h2-4H,5H2,1H3,(H,19,23). The molecule has 0 amide bonds. The van der Waals surface area contributed by atoms with Gasteiger partial charge in [-0.15, -0.1) is 0 Å². The molecule has 2 rings (SSSR count). The van der Waals surface area contributed by atoms with E-state index in [9.17, 15) is 22.4 Å². The number of nitrogens with zero attached hydrogens (tertiary/aromatic N) is 1. The Labute approximate surface area is 137 Å². The molecule has 0 spiro atoms. The number of nitrogens with one attached hydrogen (secondary N) is 1. The second-order valence-electron chi connectivity index (χ2n) is 4.41. The third-order valence-electron chi connectivity index (χ3n) is 2.98. The normalized spacial score (nSPS) is 11.6. The van der Waals surface area contributed by atoms with Gasteiger partial charge in [-0.3, -0.25) is 9.36 Å². The first-order chi connectivity index (χ1) is 10.7. The molecule has 10 heteroatoms. The average Bonchev–Trinajstić information content (AvgIpc) is 2.46. The molecule has 4 nitrogen and oxygen atoms in total. The largest absolute Gasteiger partial charge is 0.495 e. The van der Waals surface area contributed by atoms with Crippen molar-refractivity contribution in [2.24, 2.45) is 0 Å². The maximum Gasteiger partial charge on any atom is 0.431 e. The van der Waals surface area contributed by atoms with Gasteiger partial charge in [0.2, 0.25) is 0 Å². The lowest BCUT2D eigenvalue weighted by Crippen LogP contribution is -2.24. The van der Waals surface area contributed by atoms with E-state index in [2.05, 4.69) is 0 Å². The highest BCUT2D eigenvalue weighted by molar-refractivity contribution is 7.71. The molecule has 0 aliphatic heterocycles. The zero-order chi connectivity index (χ0) is 17.4. The minimum absolute atomic E-state index is 0.0165. The number of aromatic amines is 1. The summed E-state index contributed by atoms with van der Waals surface area (Å²) in [6.07, 6.45) is -4.76. The molecule has 1 N–H and O–H groups in total. The molecule has 124 valence electrons. The van der Waals surface area contributed by atoms with E-state index in [-0.39, 0.29) is 22.0 Å². The summed E-state index contributed by atoms with van der Waals surface area (Å²) < 4.78 is 56.4. The van der Waals surface area contributed by atoms with Crippen LogP contribution in [-0.2, 0) is 12.9 Å². The zero-order valence-electron chi connectivity index (χ0n) is 11.5. The van der Waals surface area contributed by atoms with Gasteiger partial charge in [-0.25, -0.2) is 4.39 Å². The molecule has 0 aliphatic carbocycles. The average molecular weight is 369 g/mol. The van der Waals surface area contributed by atoms with Crippen LogP contribution < -0.4 is 10.3 Å². The van der Waals surface area contributed by atoms with E-state index >= 15 is 0 Å². The minimum atomic E-state index is -4.76. The summed E-state index contributed by atoms with van der Waals surface area (Å²) in [5, 5.41) is 0.0961. The Morgan fingerprint density at radius 1 is 1.35 bits per heavy atom. The molecule has 1 aromatic carbocycles. The quantitative estimate of drug-likeness (QED) is 0.657. The summed E-state index contributed by atoms with van der Waals surface area (Å²) in [7, 11) is 1.30. The third-order valence-corrected chi connectivity index (χ3v) is 3.56. The molecule has 0 saturated heterocycles. The molecule has 23 heavy (non-hydrogen) atoms. The number of hydrogen-bond acceptors (Lipinski definition) is 3. The zero-order valence-corrected chi connectivity index (χ0v) is 13.1. The second kappa shape index (κ2) is 6.32. The van der Waals surface area contributed by atoms with Crippen LogP contribution in [0.2, 0.25) is 5.02 Å². The van der Waals surface area contributed by atoms with Gasteiger partial charge in [0.05, 0.1) is 17.8 Å². The summed E-state index contributed by atoms with van der Waals surface area (Å²) in [5.74, 6) is 0.125. The number of benzene rings is 1. The van der Waals surface area contributed by atoms with Gasteiger partial charge in [-0.2, -0.15) is 13.2 Å². The van der Waals surface area contributed by atoms with Gasteiger partial charge in [-0.05, 0) is 18.3 Å². The lowest BCUT2D eigenvalue weighted by atomic mass is 10.1. The highest BCUT2D eigenvalue weighted by Gasteiger charge is 2.32. The van der Waals surface area contributed by atoms with Gasteiger partial charge in [0.25, 0.3) is 5.56 Å². The number of rotatable bonds is 3. The van der Waals surface area contributed by atoms with E-state index in [1.165, 1.54) is 19.2 Å². The van der Waals surface area contributed by atoms with Crippen molar-refractivity contribution in [1.29, 1.82) is 0 Å². The molecule has 0 radical (unpaired) electrons. The topological polar surface area (TPSA) is 47.0 Å². The van der Waals surface area contributed by atoms with Crippen molar-refractivity contribution in [3.05, 3.63) is 49.6 Å². The number of aromatic nitrogens is 2. The van der Waals surface area contributed by atoms with Crippen molar-refractivity contribution in [3.8, 4) is 11.4 Å². The van der Waals surface area contributed by atoms with Gasteiger partial charge < -0.3 is 9.72 Å². The Morgan fingerprint density at radius 3 is 2.48 bits per heavy atom. The molecule has 0 aliphatic rings. The van der Waals surface area contributed by atoms with Crippen LogP contribution in [0.1, 0.15) is 11.3 Å². The number of ether oxygens (including phenoxy) is 1. The molecule has 1 aromatic heterocycles. The molecule has 0 atom stereocenters. The van der Waals surface area contributed by atoms with E-state index in [4.69, 9.17) is 28.6 Å². The summed E-state index contributed by atoms with van der Waals surface area (Å²) in [6, 6.07) is 2.79. The SMILES string of the molecule is COc1cc(-n2c(=O)cc(C(F)(F)F)[nH]c2=S)c(CF)cc1Cl. The summed E-state index contributed by atoms with van der Waals surface area (Å²) >= 11 is 10.7. The van der Waals surface area contributed by atoms with Crippen molar-refractivity contribution in [3.63, 3.8) is 0 Å². The molecule has 0 bridgehead atoms. The second-order valence-corrected chi connectivity index (χ2v) is 5.20. The predicted octanol–water partition coefficient (Wildman–Crippen LogP) is 4.05. The Balaban J connectivity index is 2.78. The molecule has 1 heterocycles. The monoisotopic (exact) mass is 368 g/mol. The molecule has 0 unspecified atom stereocenters. The first-order valence-corrected chi connectivity index (χ1v) is 6.84. The highest BCUT2D eigenvalue weighted by Crippen LogP contribution is 2.31. The number of alkyl halides is 4. The number of halogens is 5. The van der Waals surface area contributed by atoms with Crippen LogP contribution in [0.3, 0.4) is 0 Å². The first kappa shape index (κ1) is 17.5. The fraction of sp³-hybridized carbons (Fsp3) is 0.231. The number of hydrogen-bond donors (Lipinski definition) is 1. The van der Waals surface area contributed by atoms with E-state index in [1.807, 2.05) is 4.98 Å². The number of methoxy groups -OCH3 is 1. The molecule has 0 saturated carbocycles. The summed E-state index contributed by atoms with van der Waals surface area (Å²) in [5.41, 5.74) is -2.41. The van der Waals surface area contributed by atoms with E-state index < -0.39 is 28.9 Å². The van der Waals surface area contributed by atoms with Gasteiger partial charge in [0.1, 0.15) is 18.1 Å². The van der Waals surface area contributed by atoms with E-state index in [0.29, 0.717) is 6.07 Å².